The van der Waals surface area contributed by atoms with Crippen molar-refractivity contribution in [2.24, 2.45) is 0 Å². The molecular formula is C14H24N2O10. The third-order valence-corrected chi connectivity index (χ3v) is 2.05. The van der Waals surface area contributed by atoms with Crippen LogP contribution in [0.4, 0.5) is 9.59 Å². The predicted molar refractivity (Wildman–Crippen MR) is 82.9 cm³/mol. The van der Waals surface area contributed by atoms with Gasteiger partial charge in [-0.15, -0.1) is 11.0 Å². The molecule has 26 heavy (non-hydrogen) atoms. The Hall–Kier alpha value is -2.60. The average molecular weight is 380 g/mol. The van der Waals surface area contributed by atoms with Crippen LogP contribution in [0, 0.1) is 0 Å². The van der Waals surface area contributed by atoms with E-state index in [0.717, 1.165) is 0 Å². The largest absolute Gasteiger partial charge is 0.442 e. The number of rotatable bonds is 3. The van der Waals surface area contributed by atoms with E-state index >= 15 is 0 Å². The van der Waals surface area contributed by atoms with Crippen LogP contribution in [0.15, 0.2) is 0 Å². The van der Waals surface area contributed by atoms with E-state index in [2.05, 4.69) is 9.68 Å². The lowest BCUT2D eigenvalue weighted by molar-refractivity contribution is -0.180. The van der Waals surface area contributed by atoms with Gasteiger partial charge in [-0.2, -0.15) is 0 Å². The molecule has 150 valence electrons. The highest BCUT2D eigenvalue weighted by Gasteiger charge is 2.35. The monoisotopic (exact) mass is 380 g/mol. The van der Waals surface area contributed by atoms with Gasteiger partial charge in [0.05, 0.1) is 0 Å². The van der Waals surface area contributed by atoms with Crippen molar-refractivity contribution in [3.63, 3.8) is 0 Å². The van der Waals surface area contributed by atoms with Crippen molar-refractivity contribution in [2.75, 3.05) is 0 Å². The van der Waals surface area contributed by atoms with Gasteiger partial charge in [0, 0.05) is 0 Å². The van der Waals surface area contributed by atoms with Crippen molar-refractivity contribution in [3.05, 3.63) is 0 Å². The number of hydrogen-bond donors (Lipinski definition) is 4. The maximum Gasteiger partial charge on any atom is 0.441 e. The first-order valence-electron chi connectivity index (χ1n) is 7.38. The maximum atomic E-state index is 11.5. The number of aliphatic hydroxyl groups is 2. The molecule has 0 radical (unpaired) electrons. The molecule has 0 aromatic heterocycles. The van der Waals surface area contributed by atoms with Gasteiger partial charge >= 0.3 is 24.1 Å². The molecule has 0 bridgehead atoms. The zero-order valence-corrected chi connectivity index (χ0v) is 15.3. The summed E-state index contributed by atoms with van der Waals surface area (Å²) in [4.78, 5) is 53.8. The fourth-order valence-electron chi connectivity index (χ4n) is 1.16. The number of amides is 2. The van der Waals surface area contributed by atoms with Crippen molar-refractivity contribution < 1.29 is 48.5 Å². The molecule has 0 aliphatic heterocycles. The minimum absolute atomic E-state index is 0.869. The van der Waals surface area contributed by atoms with Gasteiger partial charge in [0.1, 0.15) is 11.2 Å². The number of hydroxylamine groups is 2. The van der Waals surface area contributed by atoms with Crippen LogP contribution in [0.25, 0.3) is 0 Å². The van der Waals surface area contributed by atoms with E-state index in [1.807, 2.05) is 0 Å². The summed E-state index contributed by atoms with van der Waals surface area (Å²) >= 11 is 0. The molecule has 2 atom stereocenters. The van der Waals surface area contributed by atoms with Gasteiger partial charge in [-0.3, -0.25) is 0 Å². The molecule has 0 spiro atoms. The third-order valence-electron chi connectivity index (χ3n) is 2.05. The van der Waals surface area contributed by atoms with Gasteiger partial charge in [0.25, 0.3) is 0 Å². The Bertz CT molecular complexity index is 487. The van der Waals surface area contributed by atoms with Crippen molar-refractivity contribution in [2.45, 2.75) is 65.0 Å². The van der Waals surface area contributed by atoms with E-state index < -0.39 is 47.5 Å². The highest BCUT2D eigenvalue weighted by atomic mass is 16.7. The second-order valence-corrected chi connectivity index (χ2v) is 6.94. The zero-order valence-electron chi connectivity index (χ0n) is 15.3. The van der Waals surface area contributed by atoms with E-state index in [9.17, 15) is 29.4 Å². The summed E-state index contributed by atoms with van der Waals surface area (Å²) in [7, 11) is 0. The number of carbonyl (C=O) groups excluding carboxylic acids is 4. The summed E-state index contributed by atoms with van der Waals surface area (Å²) in [6.45, 7) is 9.34. The van der Waals surface area contributed by atoms with Crippen LogP contribution in [-0.4, -0.2) is 57.7 Å². The lowest BCUT2D eigenvalue weighted by atomic mass is 10.2. The Morgan fingerprint density at radius 3 is 1.19 bits per heavy atom. The van der Waals surface area contributed by atoms with Gasteiger partial charge in [-0.1, -0.05) is 0 Å². The van der Waals surface area contributed by atoms with Crippen LogP contribution in [0.3, 0.4) is 0 Å². The van der Waals surface area contributed by atoms with E-state index in [1.54, 1.807) is 52.5 Å². The molecule has 4 N–H and O–H groups in total. The Morgan fingerprint density at radius 1 is 0.692 bits per heavy atom. The normalized spacial score (nSPS) is 13.7. The number of aliphatic hydroxyl groups excluding tert-OH is 2. The minimum atomic E-state index is -2.40. The van der Waals surface area contributed by atoms with E-state index in [1.165, 1.54) is 0 Å². The molecule has 12 heteroatoms. The van der Waals surface area contributed by atoms with Gasteiger partial charge < -0.3 is 29.4 Å². The number of carbonyl (C=O) groups is 4. The molecule has 0 rings (SSSR count). The predicted octanol–water partition coefficient (Wildman–Crippen LogP) is -0.326. The van der Waals surface area contributed by atoms with Crippen LogP contribution < -0.4 is 11.0 Å². The summed E-state index contributed by atoms with van der Waals surface area (Å²) < 4.78 is 9.51. The molecule has 0 aromatic rings. The van der Waals surface area contributed by atoms with Gasteiger partial charge in [-0.05, 0) is 41.5 Å². The van der Waals surface area contributed by atoms with Gasteiger partial charge in [0.15, 0.2) is 12.2 Å². The SMILES string of the molecule is CC(C)(C)OC(=O)NOC(=O)C(O)C(O)C(=O)ONC(=O)OC(C)(C)C. The van der Waals surface area contributed by atoms with Gasteiger partial charge in [0.2, 0.25) is 0 Å². The Morgan fingerprint density at radius 2 is 0.962 bits per heavy atom. The zero-order chi connectivity index (χ0) is 20.7. The highest BCUT2D eigenvalue weighted by Crippen LogP contribution is 2.07. The molecule has 12 nitrogen and oxygen atoms in total. The molecule has 0 aromatic carbocycles. The molecule has 0 fully saturated rings. The molecule has 0 saturated carbocycles. The molecule has 2 unspecified atom stereocenters. The molecule has 0 aliphatic rings. The second-order valence-electron chi connectivity index (χ2n) is 6.94. The second kappa shape index (κ2) is 9.20. The number of ether oxygens (including phenoxy) is 2. The quantitative estimate of drug-likeness (QED) is 0.375. The van der Waals surface area contributed by atoms with Crippen LogP contribution in [0.5, 0.6) is 0 Å². The minimum Gasteiger partial charge on any atom is -0.442 e. The van der Waals surface area contributed by atoms with Crippen molar-refractivity contribution >= 4 is 24.1 Å². The first-order valence-corrected chi connectivity index (χ1v) is 7.38. The first-order chi connectivity index (χ1) is 11.6. The maximum absolute atomic E-state index is 11.5. The fourth-order valence-corrected chi connectivity index (χ4v) is 1.16. The van der Waals surface area contributed by atoms with Crippen molar-refractivity contribution in [1.82, 2.24) is 11.0 Å². The first kappa shape index (κ1) is 23.4. The number of hydrogen-bond acceptors (Lipinski definition) is 10. The molecule has 2 amide bonds. The summed E-state index contributed by atoms with van der Waals surface area (Å²) in [6.07, 6.45) is -7.08. The lowest BCUT2D eigenvalue weighted by Crippen LogP contribution is -2.46. The summed E-state index contributed by atoms with van der Waals surface area (Å²) in [5.41, 5.74) is 1.39. The van der Waals surface area contributed by atoms with Crippen LogP contribution in [0.1, 0.15) is 41.5 Å². The average Bonchev–Trinajstić information content (AvgIpc) is 2.45. The smallest absolute Gasteiger partial charge is 0.441 e. The summed E-state index contributed by atoms with van der Waals surface area (Å²) in [6, 6.07) is 0. The summed E-state index contributed by atoms with van der Waals surface area (Å²) in [5.74, 6) is -3.14. The Kier molecular flexibility index (Phi) is 8.28. The fraction of sp³-hybridized carbons (Fsp3) is 0.714. The Balaban J connectivity index is 4.40. The van der Waals surface area contributed by atoms with E-state index in [0.29, 0.717) is 0 Å². The van der Waals surface area contributed by atoms with Gasteiger partial charge in [-0.25, -0.2) is 19.2 Å². The standard InChI is InChI=1S/C14H24N2O10/c1-13(2,3)23-11(21)15-25-9(19)7(17)8(18)10(20)26-16-12(22)24-14(4,5)6/h7-8,17-18H,1-6H3,(H,15,21)(H,16,22). The van der Waals surface area contributed by atoms with E-state index in [4.69, 9.17) is 9.47 Å². The van der Waals surface area contributed by atoms with E-state index in [-0.39, 0.29) is 0 Å². The molecule has 0 heterocycles. The Labute approximate surface area is 149 Å². The number of nitrogens with one attached hydrogen (secondary N) is 2. The molecular weight excluding hydrogens is 356 g/mol. The van der Waals surface area contributed by atoms with Crippen molar-refractivity contribution in [1.29, 1.82) is 0 Å². The van der Waals surface area contributed by atoms with Crippen molar-refractivity contribution in [3.8, 4) is 0 Å². The third kappa shape index (κ3) is 10.3. The van der Waals surface area contributed by atoms with Crippen LogP contribution >= 0.6 is 0 Å². The van der Waals surface area contributed by atoms with Crippen LogP contribution in [-0.2, 0) is 28.7 Å². The summed E-state index contributed by atoms with van der Waals surface area (Å²) in [5, 5.41) is 19.0. The molecule has 0 aliphatic carbocycles. The highest BCUT2D eigenvalue weighted by molar-refractivity contribution is 5.86. The topological polar surface area (TPSA) is 170 Å². The lowest BCUT2D eigenvalue weighted by Gasteiger charge is -2.20. The van der Waals surface area contributed by atoms with Crippen LogP contribution in [0.2, 0.25) is 0 Å². The molecule has 0 saturated heterocycles.